The van der Waals surface area contributed by atoms with Gasteiger partial charge >= 0.3 is 0 Å². The molecule has 144 valence electrons. The number of halogens is 1. The van der Waals surface area contributed by atoms with Gasteiger partial charge in [0.05, 0.1) is 35.3 Å². The zero-order chi connectivity index (χ0) is 19.5. The highest BCUT2D eigenvalue weighted by molar-refractivity contribution is 6.33. The Morgan fingerprint density at radius 3 is 2.57 bits per heavy atom. The first-order chi connectivity index (χ1) is 13.7. The van der Waals surface area contributed by atoms with Crippen LogP contribution in [-0.2, 0) is 0 Å². The summed E-state index contributed by atoms with van der Waals surface area (Å²) in [6.07, 6.45) is 7.83. The Bertz CT molecular complexity index is 965. The first kappa shape index (κ1) is 18.4. The summed E-state index contributed by atoms with van der Waals surface area (Å²) in [7, 11) is 1.53. The molecule has 1 aliphatic heterocycles. The number of methoxy groups -OCH3 is 1. The molecule has 2 aromatic heterocycles. The van der Waals surface area contributed by atoms with Crippen LogP contribution in [0.1, 0.15) is 23.2 Å². The van der Waals surface area contributed by atoms with E-state index in [1.807, 2.05) is 41.2 Å². The second-order valence-corrected chi connectivity index (χ2v) is 7.05. The first-order valence-corrected chi connectivity index (χ1v) is 9.57. The molecule has 1 amide bonds. The second-order valence-electron chi connectivity index (χ2n) is 6.65. The summed E-state index contributed by atoms with van der Waals surface area (Å²) in [6.45, 7) is 2.06. The molecule has 0 bridgehead atoms. The van der Waals surface area contributed by atoms with Gasteiger partial charge in [-0.25, -0.2) is 4.98 Å². The number of nitrogens with one attached hydrogen (secondary N) is 1. The van der Waals surface area contributed by atoms with E-state index in [9.17, 15) is 4.79 Å². The standard InChI is InChI=1S/C21H21ClN4O2/c1-28-19-13-18(25-8-2-3-9-25)17(22)12-16(19)21(27)24-15-6-7-20(23-14-15)26-10-4-5-11-26/h2-3,6-9,12-14H,4-5,10-11H2,1H3,(H,24,27). The van der Waals surface area contributed by atoms with Crippen LogP contribution in [0.2, 0.25) is 5.02 Å². The van der Waals surface area contributed by atoms with Gasteiger partial charge in [0.15, 0.2) is 0 Å². The molecule has 0 aliphatic carbocycles. The Hall–Kier alpha value is -2.99. The molecule has 3 heterocycles. The van der Waals surface area contributed by atoms with Crippen LogP contribution in [0.25, 0.3) is 5.69 Å². The van der Waals surface area contributed by atoms with Gasteiger partial charge in [0, 0.05) is 31.5 Å². The number of ether oxygens (including phenoxy) is 1. The van der Waals surface area contributed by atoms with Crippen molar-refractivity contribution in [2.45, 2.75) is 12.8 Å². The van der Waals surface area contributed by atoms with Crippen molar-refractivity contribution in [2.24, 2.45) is 0 Å². The molecule has 28 heavy (non-hydrogen) atoms. The molecule has 0 atom stereocenters. The molecule has 0 saturated carbocycles. The minimum Gasteiger partial charge on any atom is -0.496 e. The topological polar surface area (TPSA) is 59.4 Å². The molecular formula is C21H21ClN4O2. The van der Waals surface area contributed by atoms with Gasteiger partial charge in [0.1, 0.15) is 11.6 Å². The van der Waals surface area contributed by atoms with Crippen LogP contribution < -0.4 is 15.0 Å². The summed E-state index contributed by atoms with van der Waals surface area (Å²) in [4.78, 5) is 19.5. The third-order valence-corrected chi connectivity index (χ3v) is 5.13. The average Bonchev–Trinajstić information content (AvgIpc) is 3.42. The number of aromatic nitrogens is 2. The minimum absolute atomic E-state index is 0.298. The zero-order valence-electron chi connectivity index (χ0n) is 15.6. The highest BCUT2D eigenvalue weighted by atomic mass is 35.5. The highest BCUT2D eigenvalue weighted by Crippen LogP contribution is 2.30. The van der Waals surface area contributed by atoms with Gasteiger partial charge in [-0.05, 0) is 43.2 Å². The van der Waals surface area contributed by atoms with Gasteiger partial charge in [0.2, 0.25) is 0 Å². The number of rotatable bonds is 5. The lowest BCUT2D eigenvalue weighted by Gasteiger charge is -2.17. The van der Waals surface area contributed by atoms with Gasteiger partial charge in [-0.3, -0.25) is 4.79 Å². The number of pyridine rings is 1. The predicted octanol–water partition coefficient (Wildman–Crippen LogP) is 4.39. The van der Waals surface area contributed by atoms with E-state index in [0.717, 1.165) is 24.6 Å². The second kappa shape index (κ2) is 7.94. The minimum atomic E-state index is -0.298. The molecule has 3 aromatic rings. The highest BCUT2D eigenvalue weighted by Gasteiger charge is 2.18. The monoisotopic (exact) mass is 396 g/mol. The largest absolute Gasteiger partial charge is 0.496 e. The summed E-state index contributed by atoms with van der Waals surface area (Å²) < 4.78 is 7.30. The predicted molar refractivity (Wildman–Crippen MR) is 111 cm³/mol. The molecular weight excluding hydrogens is 376 g/mol. The van der Waals surface area contributed by atoms with Crippen LogP contribution >= 0.6 is 11.6 Å². The number of carbonyl (C=O) groups is 1. The van der Waals surface area contributed by atoms with Gasteiger partial charge in [-0.2, -0.15) is 0 Å². The number of benzene rings is 1. The summed E-state index contributed by atoms with van der Waals surface area (Å²) in [5, 5.41) is 3.33. The summed E-state index contributed by atoms with van der Waals surface area (Å²) in [6, 6.07) is 11.0. The summed E-state index contributed by atoms with van der Waals surface area (Å²) in [5.41, 5.74) is 1.74. The van der Waals surface area contributed by atoms with E-state index in [1.165, 1.54) is 20.0 Å². The average molecular weight is 397 g/mol. The maximum atomic E-state index is 12.8. The van der Waals surface area contributed by atoms with Gasteiger partial charge in [0.25, 0.3) is 5.91 Å². The lowest BCUT2D eigenvalue weighted by atomic mass is 10.1. The number of hydrogen-bond acceptors (Lipinski definition) is 4. The van der Waals surface area contributed by atoms with Crippen LogP contribution in [0.4, 0.5) is 11.5 Å². The van der Waals surface area contributed by atoms with E-state index in [-0.39, 0.29) is 5.91 Å². The van der Waals surface area contributed by atoms with Gasteiger partial charge < -0.3 is 19.5 Å². The number of carbonyl (C=O) groups excluding carboxylic acids is 1. The summed E-state index contributed by atoms with van der Waals surface area (Å²) in [5.74, 6) is 1.09. The molecule has 1 aliphatic rings. The lowest BCUT2D eigenvalue weighted by molar-refractivity contribution is 0.102. The van der Waals surface area contributed by atoms with Crippen LogP contribution in [-0.4, -0.2) is 35.7 Å². The van der Waals surface area contributed by atoms with Crippen molar-refractivity contribution in [3.05, 3.63) is 65.6 Å². The third kappa shape index (κ3) is 3.68. The summed E-state index contributed by atoms with van der Waals surface area (Å²) >= 11 is 6.42. The molecule has 6 nitrogen and oxygen atoms in total. The number of nitrogens with zero attached hydrogens (tertiary/aromatic N) is 3. The fourth-order valence-corrected chi connectivity index (χ4v) is 3.63. The van der Waals surface area contributed by atoms with Crippen LogP contribution in [0.3, 0.4) is 0 Å². The molecule has 7 heteroatoms. The van der Waals surface area contributed by atoms with E-state index in [0.29, 0.717) is 22.0 Å². The lowest BCUT2D eigenvalue weighted by Crippen LogP contribution is -2.19. The molecule has 0 radical (unpaired) electrons. The van der Waals surface area contributed by atoms with E-state index in [4.69, 9.17) is 16.3 Å². The van der Waals surface area contributed by atoms with Crippen molar-refractivity contribution < 1.29 is 9.53 Å². The smallest absolute Gasteiger partial charge is 0.259 e. The third-order valence-electron chi connectivity index (χ3n) is 4.83. The molecule has 1 fully saturated rings. The fraction of sp³-hybridized carbons (Fsp3) is 0.238. The van der Waals surface area contributed by atoms with Crippen molar-refractivity contribution >= 4 is 29.0 Å². The van der Waals surface area contributed by atoms with Crippen molar-refractivity contribution in [1.82, 2.24) is 9.55 Å². The Balaban J connectivity index is 1.55. The Morgan fingerprint density at radius 2 is 1.93 bits per heavy atom. The molecule has 1 saturated heterocycles. The van der Waals surface area contributed by atoms with E-state index >= 15 is 0 Å². The first-order valence-electron chi connectivity index (χ1n) is 9.19. The Kier molecular flexibility index (Phi) is 5.21. The quantitative estimate of drug-likeness (QED) is 0.695. The normalized spacial score (nSPS) is 13.6. The zero-order valence-corrected chi connectivity index (χ0v) is 16.3. The Labute approximate surface area is 168 Å². The SMILES string of the molecule is COc1cc(-n2cccc2)c(Cl)cc1C(=O)Nc1ccc(N2CCCC2)nc1. The van der Waals surface area contributed by atoms with Crippen molar-refractivity contribution in [3.8, 4) is 11.4 Å². The number of anilines is 2. The van der Waals surface area contributed by atoms with Gasteiger partial charge in [-0.1, -0.05) is 11.6 Å². The van der Waals surface area contributed by atoms with E-state index < -0.39 is 0 Å². The van der Waals surface area contributed by atoms with Crippen molar-refractivity contribution in [1.29, 1.82) is 0 Å². The maximum Gasteiger partial charge on any atom is 0.259 e. The molecule has 0 spiro atoms. The Morgan fingerprint density at radius 1 is 1.18 bits per heavy atom. The van der Waals surface area contributed by atoms with Crippen LogP contribution in [0, 0.1) is 0 Å². The van der Waals surface area contributed by atoms with Crippen molar-refractivity contribution in [2.75, 3.05) is 30.4 Å². The van der Waals surface area contributed by atoms with Crippen LogP contribution in [0.5, 0.6) is 5.75 Å². The van der Waals surface area contributed by atoms with Crippen LogP contribution in [0.15, 0.2) is 55.0 Å². The van der Waals surface area contributed by atoms with Crippen molar-refractivity contribution in [3.63, 3.8) is 0 Å². The molecule has 1 aromatic carbocycles. The van der Waals surface area contributed by atoms with E-state index in [2.05, 4.69) is 15.2 Å². The molecule has 0 unspecified atom stereocenters. The molecule has 1 N–H and O–H groups in total. The maximum absolute atomic E-state index is 12.8. The number of hydrogen-bond donors (Lipinski definition) is 1. The number of amides is 1. The van der Waals surface area contributed by atoms with E-state index in [1.54, 1.807) is 18.3 Å². The van der Waals surface area contributed by atoms with Gasteiger partial charge in [-0.15, -0.1) is 0 Å². The molecule has 4 rings (SSSR count). The fourth-order valence-electron chi connectivity index (χ4n) is 3.37.